The second kappa shape index (κ2) is 9.21. The lowest BCUT2D eigenvalue weighted by molar-refractivity contribution is -0.128. The summed E-state index contributed by atoms with van der Waals surface area (Å²) >= 11 is 0. The largest absolute Gasteiger partial charge is 0.480 e. The van der Waals surface area contributed by atoms with Crippen LogP contribution in [-0.4, -0.2) is 18.6 Å². The second-order valence-electron chi connectivity index (χ2n) is 6.30. The SMILES string of the molecule is CC[C@H](Oc1ccc(C)cc1C)C(=O)NCCCc1ccc(F)cc1. The van der Waals surface area contributed by atoms with Crippen molar-refractivity contribution in [3.63, 3.8) is 0 Å². The summed E-state index contributed by atoms with van der Waals surface area (Å²) in [6, 6.07) is 12.4. The lowest BCUT2D eigenvalue weighted by Gasteiger charge is -2.19. The van der Waals surface area contributed by atoms with E-state index in [2.05, 4.69) is 5.32 Å². The van der Waals surface area contributed by atoms with Gasteiger partial charge < -0.3 is 10.1 Å². The van der Waals surface area contributed by atoms with Gasteiger partial charge in [-0.3, -0.25) is 4.79 Å². The summed E-state index contributed by atoms with van der Waals surface area (Å²) in [4.78, 5) is 12.3. The average Bonchev–Trinajstić information content (AvgIpc) is 2.59. The van der Waals surface area contributed by atoms with E-state index in [-0.39, 0.29) is 11.7 Å². The van der Waals surface area contributed by atoms with Crippen LogP contribution in [0.1, 0.15) is 36.5 Å². The zero-order valence-electron chi connectivity index (χ0n) is 15.1. The highest BCUT2D eigenvalue weighted by Crippen LogP contribution is 2.20. The minimum absolute atomic E-state index is 0.0958. The smallest absolute Gasteiger partial charge is 0.261 e. The molecule has 0 aliphatic carbocycles. The number of carbonyl (C=O) groups is 1. The molecule has 2 rings (SSSR count). The van der Waals surface area contributed by atoms with Crippen LogP contribution in [0, 0.1) is 19.7 Å². The number of aryl methyl sites for hydroxylation is 3. The molecule has 0 unspecified atom stereocenters. The Bertz CT molecular complexity index is 698. The fourth-order valence-corrected chi connectivity index (χ4v) is 2.68. The van der Waals surface area contributed by atoms with Gasteiger partial charge in [-0.25, -0.2) is 4.39 Å². The lowest BCUT2D eigenvalue weighted by atomic mass is 10.1. The number of halogens is 1. The predicted molar refractivity (Wildman–Crippen MR) is 98.4 cm³/mol. The molecule has 25 heavy (non-hydrogen) atoms. The first-order valence-corrected chi connectivity index (χ1v) is 8.75. The molecule has 0 bridgehead atoms. The molecule has 0 saturated heterocycles. The van der Waals surface area contributed by atoms with Crippen molar-refractivity contribution in [1.82, 2.24) is 5.32 Å². The van der Waals surface area contributed by atoms with E-state index in [1.807, 2.05) is 39.0 Å². The normalized spacial score (nSPS) is 11.8. The van der Waals surface area contributed by atoms with Crippen molar-refractivity contribution < 1.29 is 13.9 Å². The van der Waals surface area contributed by atoms with E-state index in [4.69, 9.17) is 4.74 Å². The minimum Gasteiger partial charge on any atom is -0.480 e. The molecule has 3 nitrogen and oxygen atoms in total. The molecule has 0 saturated carbocycles. The molecule has 0 spiro atoms. The summed E-state index contributed by atoms with van der Waals surface area (Å²) < 4.78 is 18.8. The van der Waals surface area contributed by atoms with Crippen LogP contribution in [0.15, 0.2) is 42.5 Å². The topological polar surface area (TPSA) is 38.3 Å². The summed E-state index contributed by atoms with van der Waals surface area (Å²) in [5, 5.41) is 2.93. The van der Waals surface area contributed by atoms with Crippen LogP contribution in [0.25, 0.3) is 0 Å². The van der Waals surface area contributed by atoms with Crippen LogP contribution in [0.2, 0.25) is 0 Å². The van der Waals surface area contributed by atoms with Crippen LogP contribution in [0.3, 0.4) is 0 Å². The summed E-state index contributed by atoms with van der Waals surface area (Å²) in [7, 11) is 0. The molecule has 1 amide bonds. The summed E-state index contributed by atoms with van der Waals surface area (Å²) in [6.45, 7) is 6.52. The minimum atomic E-state index is -0.493. The van der Waals surface area contributed by atoms with Crippen molar-refractivity contribution in [2.75, 3.05) is 6.54 Å². The summed E-state index contributed by atoms with van der Waals surface area (Å²) in [5.74, 6) is 0.423. The Hall–Kier alpha value is -2.36. The maximum atomic E-state index is 12.9. The van der Waals surface area contributed by atoms with E-state index in [1.54, 1.807) is 12.1 Å². The van der Waals surface area contributed by atoms with Gasteiger partial charge in [-0.15, -0.1) is 0 Å². The molecule has 0 aliphatic heterocycles. The number of hydrogen-bond donors (Lipinski definition) is 1. The van der Waals surface area contributed by atoms with Gasteiger partial charge in [0.15, 0.2) is 6.10 Å². The van der Waals surface area contributed by atoms with Gasteiger partial charge in [0.05, 0.1) is 0 Å². The van der Waals surface area contributed by atoms with E-state index in [0.717, 1.165) is 29.7 Å². The van der Waals surface area contributed by atoms with Crippen molar-refractivity contribution >= 4 is 5.91 Å². The Morgan fingerprint density at radius 1 is 1.16 bits per heavy atom. The fourth-order valence-electron chi connectivity index (χ4n) is 2.68. The van der Waals surface area contributed by atoms with Gasteiger partial charge in [0.2, 0.25) is 0 Å². The Kier molecular flexibility index (Phi) is 6.99. The number of hydrogen-bond acceptors (Lipinski definition) is 2. The third-order valence-corrected chi connectivity index (χ3v) is 4.12. The predicted octanol–water partition coefficient (Wildman–Crippen LogP) is 4.35. The number of rotatable bonds is 8. The van der Waals surface area contributed by atoms with Crippen molar-refractivity contribution in [3.8, 4) is 5.75 Å². The van der Waals surface area contributed by atoms with Gasteiger partial charge in [0, 0.05) is 6.54 Å². The van der Waals surface area contributed by atoms with Crippen LogP contribution in [0.5, 0.6) is 5.75 Å². The zero-order valence-corrected chi connectivity index (χ0v) is 15.1. The Morgan fingerprint density at radius 2 is 1.88 bits per heavy atom. The van der Waals surface area contributed by atoms with E-state index in [9.17, 15) is 9.18 Å². The molecule has 4 heteroatoms. The first kappa shape index (κ1) is 19.0. The quantitative estimate of drug-likeness (QED) is 0.724. The van der Waals surface area contributed by atoms with Crippen molar-refractivity contribution in [1.29, 1.82) is 0 Å². The zero-order chi connectivity index (χ0) is 18.2. The Labute approximate surface area is 149 Å². The highest BCUT2D eigenvalue weighted by Gasteiger charge is 2.18. The lowest BCUT2D eigenvalue weighted by Crippen LogP contribution is -2.38. The molecule has 1 N–H and O–H groups in total. The van der Waals surface area contributed by atoms with Crippen LogP contribution < -0.4 is 10.1 Å². The number of ether oxygens (including phenoxy) is 1. The Balaban J connectivity index is 1.80. The molecule has 2 aromatic carbocycles. The first-order valence-electron chi connectivity index (χ1n) is 8.75. The van der Waals surface area contributed by atoms with Gasteiger partial charge in [0.1, 0.15) is 11.6 Å². The number of benzene rings is 2. The molecule has 0 aromatic heterocycles. The van der Waals surface area contributed by atoms with E-state index >= 15 is 0 Å². The summed E-state index contributed by atoms with van der Waals surface area (Å²) in [5.41, 5.74) is 3.26. The molecule has 2 aromatic rings. The molecule has 1 atom stereocenters. The average molecular weight is 343 g/mol. The second-order valence-corrected chi connectivity index (χ2v) is 6.30. The fraction of sp³-hybridized carbons (Fsp3) is 0.381. The third kappa shape index (κ3) is 5.89. The molecule has 0 radical (unpaired) electrons. The van der Waals surface area contributed by atoms with Crippen LogP contribution in [0.4, 0.5) is 4.39 Å². The molecule has 134 valence electrons. The Morgan fingerprint density at radius 3 is 2.52 bits per heavy atom. The standard InChI is InChI=1S/C21H26FNO2/c1-4-19(25-20-12-7-15(2)14-16(20)3)21(24)23-13-5-6-17-8-10-18(22)11-9-17/h7-12,14,19H,4-6,13H2,1-3H3,(H,23,24)/t19-/m0/s1. The molecular weight excluding hydrogens is 317 g/mol. The highest BCUT2D eigenvalue weighted by molar-refractivity contribution is 5.81. The first-order chi connectivity index (χ1) is 12.0. The molecular formula is C21H26FNO2. The highest BCUT2D eigenvalue weighted by atomic mass is 19.1. The van der Waals surface area contributed by atoms with Gasteiger partial charge in [-0.05, 0) is 62.4 Å². The van der Waals surface area contributed by atoms with Crippen LogP contribution in [-0.2, 0) is 11.2 Å². The maximum absolute atomic E-state index is 12.9. The van der Waals surface area contributed by atoms with Gasteiger partial charge in [-0.2, -0.15) is 0 Å². The molecule has 0 aliphatic rings. The van der Waals surface area contributed by atoms with Gasteiger partial charge in [0.25, 0.3) is 5.91 Å². The number of amides is 1. The maximum Gasteiger partial charge on any atom is 0.261 e. The van der Waals surface area contributed by atoms with E-state index in [0.29, 0.717) is 13.0 Å². The van der Waals surface area contributed by atoms with E-state index < -0.39 is 6.10 Å². The molecule has 0 fully saturated rings. The van der Waals surface area contributed by atoms with Crippen molar-refractivity contribution in [3.05, 3.63) is 65.0 Å². The summed E-state index contributed by atoms with van der Waals surface area (Å²) in [6.07, 6.45) is 1.72. The molecule has 0 heterocycles. The van der Waals surface area contributed by atoms with E-state index in [1.165, 1.54) is 17.7 Å². The van der Waals surface area contributed by atoms with Gasteiger partial charge in [-0.1, -0.05) is 36.8 Å². The monoisotopic (exact) mass is 343 g/mol. The van der Waals surface area contributed by atoms with Crippen LogP contribution >= 0.6 is 0 Å². The number of carbonyl (C=O) groups excluding carboxylic acids is 1. The van der Waals surface area contributed by atoms with Gasteiger partial charge >= 0.3 is 0 Å². The van der Waals surface area contributed by atoms with Crippen molar-refractivity contribution in [2.24, 2.45) is 0 Å². The van der Waals surface area contributed by atoms with Crippen molar-refractivity contribution in [2.45, 2.75) is 46.1 Å². The third-order valence-electron chi connectivity index (χ3n) is 4.12. The number of nitrogens with one attached hydrogen (secondary N) is 1.